The van der Waals surface area contributed by atoms with Crippen molar-refractivity contribution in [1.29, 1.82) is 0 Å². The number of alkyl halides is 3. The molecule has 150 valence electrons. The minimum Gasteiger partial charge on any atom is -0.368 e. The summed E-state index contributed by atoms with van der Waals surface area (Å²) in [5.41, 5.74) is 2.00. The Bertz CT molecular complexity index is 854. The lowest BCUT2D eigenvalue weighted by atomic mass is 10.0. The summed E-state index contributed by atoms with van der Waals surface area (Å²) in [4.78, 5) is 18.2. The molecule has 4 rings (SSSR count). The van der Waals surface area contributed by atoms with E-state index in [2.05, 4.69) is 0 Å². The third kappa shape index (κ3) is 3.90. The number of aryl methyl sites for hydroxylation is 1. The summed E-state index contributed by atoms with van der Waals surface area (Å²) < 4.78 is 38.9. The van der Waals surface area contributed by atoms with E-state index in [0.717, 1.165) is 30.9 Å². The van der Waals surface area contributed by atoms with E-state index in [9.17, 15) is 18.0 Å². The quantitative estimate of drug-likeness (QED) is 0.653. The minimum absolute atomic E-state index is 0.0723. The zero-order chi connectivity index (χ0) is 19.7. The fourth-order valence-corrected chi connectivity index (χ4v) is 5.19. The van der Waals surface area contributed by atoms with Gasteiger partial charge in [-0.15, -0.1) is 11.3 Å². The number of carbonyl (C=O) groups is 1. The maximum Gasteiger partial charge on any atom is 0.416 e. The number of halogens is 3. The van der Waals surface area contributed by atoms with E-state index in [1.807, 2.05) is 15.2 Å². The van der Waals surface area contributed by atoms with Gasteiger partial charge >= 0.3 is 6.18 Å². The van der Waals surface area contributed by atoms with Crippen molar-refractivity contribution in [1.82, 2.24) is 4.90 Å². The van der Waals surface area contributed by atoms with E-state index >= 15 is 0 Å². The molecule has 7 heteroatoms. The molecule has 0 bridgehead atoms. The Morgan fingerprint density at radius 3 is 2.50 bits per heavy atom. The van der Waals surface area contributed by atoms with Crippen molar-refractivity contribution in [2.24, 2.45) is 0 Å². The molecule has 2 aromatic rings. The first kappa shape index (κ1) is 19.3. The van der Waals surface area contributed by atoms with E-state index in [-0.39, 0.29) is 5.91 Å². The van der Waals surface area contributed by atoms with E-state index in [1.165, 1.54) is 35.4 Å². The van der Waals surface area contributed by atoms with Gasteiger partial charge in [0.05, 0.1) is 11.1 Å². The number of thiophene rings is 1. The molecule has 1 aromatic heterocycles. The Morgan fingerprint density at radius 2 is 1.75 bits per heavy atom. The van der Waals surface area contributed by atoms with Crippen molar-refractivity contribution in [2.75, 3.05) is 31.1 Å². The van der Waals surface area contributed by atoms with Crippen molar-refractivity contribution in [2.45, 2.75) is 38.3 Å². The van der Waals surface area contributed by atoms with Gasteiger partial charge in [0.2, 0.25) is 0 Å². The van der Waals surface area contributed by atoms with Crippen molar-refractivity contribution >= 4 is 22.9 Å². The number of hydrogen-bond donors (Lipinski definition) is 0. The highest BCUT2D eigenvalue weighted by atomic mass is 32.1. The van der Waals surface area contributed by atoms with Crippen LogP contribution in [-0.4, -0.2) is 37.0 Å². The molecular formula is C21H23F3N2OS. The molecule has 1 fully saturated rings. The highest BCUT2D eigenvalue weighted by Gasteiger charge is 2.31. The maximum atomic E-state index is 13.0. The van der Waals surface area contributed by atoms with Crippen LogP contribution in [0.3, 0.4) is 0 Å². The van der Waals surface area contributed by atoms with Gasteiger partial charge in [0, 0.05) is 42.1 Å². The van der Waals surface area contributed by atoms with E-state index in [1.54, 1.807) is 17.4 Å². The summed E-state index contributed by atoms with van der Waals surface area (Å²) >= 11 is 1.69. The number of carbonyl (C=O) groups excluding carboxylic acids is 1. The van der Waals surface area contributed by atoms with Crippen LogP contribution in [0, 0.1) is 0 Å². The Balaban J connectivity index is 1.43. The monoisotopic (exact) mass is 408 g/mol. The lowest BCUT2D eigenvalue weighted by molar-refractivity contribution is -0.137. The van der Waals surface area contributed by atoms with Crippen LogP contribution in [0.1, 0.15) is 45.6 Å². The molecule has 0 unspecified atom stereocenters. The van der Waals surface area contributed by atoms with Gasteiger partial charge in [-0.05, 0) is 49.4 Å². The molecule has 0 radical (unpaired) electrons. The van der Waals surface area contributed by atoms with Crippen LogP contribution in [0.4, 0.5) is 18.9 Å². The SMILES string of the molecule is O=C(c1csc2c1CCCCC2)N1CCN(c2cccc(C(F)(F)F)c2)CC1. The third-order valence-electron chi connectivity index (χ3n) is 5.65. The van der Waals surface area contributed by atoms with Gasteiger partial charge < -0.3 is 9.80 Å². The number of anilines is 1. The molecule has 0 saturated carbocycles. The number of piperazine rings is 1. The first-order valence-corrected chi connectivity index (χ1v) is 10.6. The van der Waals surface area contributed by atoms with Crippen LogP contribution >= 0.6 is 11.3 Å². The topological polar surface area (TPSA) is 23.6 Å². The Hall–Kier alpha value is -2.02. The van der Waals surface area contributed by atoms with E-state index in [0.29, 0.717) is 31.9 Å². The fourth-order valence-electron chi connectivity index (χ4n) is 4.07. The molecule has 1 aromatic carbocycles. The Morgan fingerprint density at radius 1 is 1.00 bits per heavy atom. The molecule has 1 aliphatic heterocycles. The second kappa shape index (κ2) is 7.78. The second-order valence-electron chi connectivity index (χ2n) is 7.44. The van der Waals surface area contributed by atoms with Gasteiger partial charge in [0.1, 0.15) is 0 Å². The number of rotatable bonds is 2. The number of amides is 1. The van der Waals surface area contributed by atoms with Crippen molar-refractivity contribution in [3.8, 4) is 0 Å². The molecule has 0 spiro atoms. The average molecular weight is 408 g/mol. The molecule has 0 N–H and O–H groups in total. The molecule has 28 heavy (non-hydrogen) atoms. The van der Waals surface area contributed by atoms with Gasteiger partial charge in [-0.1, -0.05) is 12.5 Å². The maximum absolute atomic E-state index is 13.0. The highest BCUT2D eigenvalue weighted by Crippen LogP contribution is 2.33. The standard InChI is InChI=1S/C21H23F3N2OS/c22-21(23,24)15-5-4-6-16(13-15)25-9-11-26(12-10-25)20(27)18-14-28-19-8-3-1-2-7-17(18)19/h4-6,13-14H,1-3,7-12H2. The third-order valence-corrected chi connectivity index (χ3v) is 6.74. The van der Waals surface area contributed by atoms with E-state index in [4.69, 9.17) is 0 Å². The smallest absolute Gasteiger partial charge is 0.368 e. The van der Waals surface area contributed by atoms with Crippen molar-refractivity contribution in [3.63, 3.8) is 0 Å². The lowest BCUT2D eigenvalue weighted by Gasteiger charge is -2.36. The van der Waals surface area contributed by atoms with E-state index < -0.39 is 11.7 Å². The molecule has 1 amide bonds. The Kier molecular flexibility index (Phi) is 5.36. The second-order valence-corrected chi connectivity index (χ2v) is 8.40. The molecule has 2 heterocycles. The van der Waals surface area contributed by atoms with Crippen LogP contribution in [-0.2, 0) is 19.0 Å². The van der Waals surface area contributed by atoms with Gasteiger partial charge in [0.25, 0.3) is 5.91 Å². The summed E-state index contributed by atoms with van der Waals surface area (Å²) in [6.07, 6.45) is 1.24. The number of benzene rings is 1. The van der Waals surface area contributed by atoms with Crippen LogP contribution in [0.2, 0.25) is 0 Å². The van der Waals surface area contributed by atoms with Crippen LogP contribution < -0.4 is 4.90 Å². The summed E-state index contributed by atoms with van der Waals surface area (Å²) in [7, 11) is 0. The predicted octanol–water partition coefficient (Wildman–Crippen LogP) is 5.00. The van der Waals surface area contributed by atoms with Crippen molar-refractivity contribution in [3.05, 3.63) is 51.2 Å². The van der Waals surface area contributed by atoms with Gasteiger partial charge in [-0.3, -0.25) is 4.79 Å². The predicted molar refractivity (Wildman–Crippen MR) is 105 cm³/mol. The van der Waals surface area contributed by atoms with Gasteiger partial charge in [-0.25, -0.2) is 0 Å². The van der Waals surface area contributed by atoms with Crippen molar-refractivity contribution < 1.29 is 18.0 Å². The number of nitrogens with zero attached hydrogens (tertiary/aromatic N) is 2. The molecule has 1 saturated heterocycles. The summed E-state index contributed by atoms with van der Waals surface area (Å²) in [5, 5.41) is 2.00. The van der Waals surface area contributed by atoms with Gasteiger partial charge in [0.15, 0.2) is 0 Å². The summed E-state index contributed by atoms with van der Waals surface area (Å²) in [6, 6.07) is 5.42. The molecule has 0 atom stereocenters. The first-order valence-electron chi connectivity index (χ1n) is 9.74. The minimum atomic E-state index is -4.34. The Labute approximate surface area is 166 Å². The largest absolute Gasteiger partial charge is 0.416 e. The van der Waals surface area contributed by atoms with Gasteiger partial charge in [-0.2, -0.15) is 13.2 Å². The summed E-state index contributed by atoms with van der Waals surface area (Å²) in [6.45, 7) is 2.14. The number of hydrogen-bond acceptors (Lipinski definition) is 3. The fraction of sp³-hybridized carbons (Fsp3) is 0.476. The molecular weight excluding hydrogens is 385 g/mol. The first-order chi connectivity index (χ1) is 13.4. The zero-order valence-corrected chi connectivity index (χ0v) is 16.4. The van der Waals surface area contributed by atoms with Crippen LogP contribution in [0.15, 0.2) is 29.6 Å². The highest BCUT2D eigenvalue weighted by molar-refractivity contribution is 7.10. The molecule has 1 aliphatic carbocycles. The lowest BCUT2D eigenvalue weighted by Crippen LogP contribution is -2.49. The normalized spacial score (nSPS) is 18.0. The van der Waals surface area contributed by atoms with Crippen LogP contribution in [0.5, 0.6) is 0 Å². The van der Waals surface area contributed by atoms with Crippen LogP contribution in [0.25, 0.3) is 0 Å². The number of fused-ring (bicyclic) bond motifs is 1. The summed E-state index contributed by atoms with van der Waals surface area (Å²) in [5.74, 6) is 0.0723. The zero-order valence-electron chi connectivity index (χ0n) is 15.6. The average Bonchev–Trinajstić information content (AvgIpc) is 2.95. The molecule has 2 aliphatic rings. The molecule has 3 nitrogen and oxygen atoms in total.